The first-order chi connectivity index (χ1) is 16.9. The van der Waals surface area contributed by atoms with E-state index < -0.39 is 5.91 Å². The topological polar surface area (TPSA) is 123 Å². The van der Waals surface area contributed by atoms with Crippen molar-refractivity contribution in [2.75, 3.05) is 33.2 Å². The first kappa shape index (κ1) is 24.8. The number of amidine groups is 1. The van der Waals surface area contributed by atoms with Crippen molar-refractivity contribution in [3.8, 4) is 11.5 Å². The Kier molecular flexibility index (Phi) is 8.05. The van der Waals surface area contributed by atoms with Crippen LogP contribution in [0.25, 0.3) is 5.70 Å². The van der Waals surface area contributed by atoms with Gasteiger partial charge in [0.1, 0.15) is 22.9 Å². The van der Waals surface area contributed by atoms with Crippen LogP contribution in [0.3, 0.4) is 0 Å². The SMILES string of the molecule is CN1CCN(C2CCC(N=C(N)C(C(N)=O)=C(N)c3ccc(Oc4ccccc4)cc3)CC2)CC1. The lowest BCUT2D eigenvalue weighted by Gasteiger charge is -2.40. The average Bonchev–Trinajstić information content (AvgIpc) is 2.86. The maximum atomic E-state index is 12.3. The first-order valence-corrected chi connectivity index (χ1v) is 12.3. The highest BCUT2D eigenvalue weighted by atomic mass is 16.5. The Balaban J connectivity index is 1.42. The van der Waals surface area contributed by atoms with Crippen LogP contribution in [-0.2, 0) is 4.79 Å². The number of nitrogens with zero attached hydrogens (tertiary/aromatic N) is 3. The monoisotopic (exact) mass is 476 g/mol. The minimum absolute atomic E-state index is 0.0718. The molecule has 0 spiro atoms. The van der Waals surface area contributed by atoms with Crippen LogP contribution >= 0.6 is 0 Å². The van der Waals surface area contributed by atoms with E-state index in [1.54, 1.807) is 24.3 Å². The minimum Gasteiger partial charge on any atom is -0.457 e. The van der Waals surface area contributed by atoms with E-state index in [1.165, 1.54) is 0 Å². The van der Waals surface area contributed by atoms with Crippen LogP contribution in [0.4, 0.5) is 0 Å². The van der Waals surface area contributed by atoms with Crippen molar-refractivity contribution in [3.63, 3.8) is 0 Å². The molecule has 2 aromatic rings. The van der Waals surface area contributed by atoms with Crippen molar-refractivity contribution in [1.82, 2.24) is 9.80 Å². The van der Waals surface area contributed by atoms with Gasteiger partial charge in [0.25, 0.3) is 5.91 Å². The number of amides is 1. The van der Waals surface area contributed by atoms with Gasteiger partial charge in [-0.3, -0.25) is 14.7 Å². The molecule has 1 amide bonds. The smallest absolute Gasteiger partial charge is 0.254 e. The molecule has 2 aliphatic rings. The van der Waals surface area contributed by atoms with Gasteiger partial charge >= 0.3 is 0 Å². The van der Waals surface area contributed by atoms with Gasteiger partial charge in [0.05, 0.1) is 11.7 Å². The molecular weight excluding hydrogens is 440 g/mol. The van der Waals surface area contributed by atoms with Crippen molar-refractivity contribution in [1.29, 1.82) is 0 Å². The van der Waals surface area contributed by atoms with Crippen LogP contribution in [0.15, 0.2) is 65.2 Å². The molecule has 0 aromatic heterocycles. The fourth-order valence-electron chi connectivity index (χ4n) is 4.87. The number of hydrogen-bond donors (Lipinski definition) is 3. The molecule has 8 nitrogen and oxygen atoms in total. The Labute approximate surface area is 207 Å². The van der Waals surface area contributed by atoms with Gasteiger partial charge < -0.3 is 26.8 Å². The highest BCUT2D eigenvalue weighted by Crippen LogP contribution is 2.27. The van der Waals surface area contributed by atoms with Crippen molar-refractivity contribution in [3.05, 3.63) is 65.7 Å². The average molecular weight is 477 g/mol. The Morgan fingerprint density at radius 3 is 2.06 bits per heavy atom. The molecule has 0 radical (unpaired) electrons. The number of aliphatic imine (C=N–C) groups is 1. The van der Waals surface area contributed by atoms with Gasteiger partial charge in [-0.2, -0.15) is 0 Å². The number of para-hydroxylation sites is 1. The van der Waals surface area contributed by atoms with E-state index in [1.807, 2.05) is 30.3 Å². The summed E-state index contributed by atoms with van der Waals surface area (Å²) in [5, 5.41) is 0. The van der Waals surface area contributed by atoms with E-state index in [4.69, 9.17) is 21.9 Å². The maximum absolute atomic E-state index is 12.3. The number of benzene rings is 2. The first-order valence-electron chi connectivity index (χ1n) is 12.3. The van der Waals surface area contributed by atoms with Gasteiger partial charge in [-0.05, 0) is 74.7 Å². The summed E-state index contributed by atoms with van der Waals surface area (Å²) in [4.78, 5) is 21.9. The molecule has 4 rings (SSSR count). The van der Waals surface area contributed by atoms with Crippen molar-refractivity contribution >= 4 is 17.4 Å². The van der Waals surface area contributed by atoms with E-state index in [0.29, 0.717) is 17.4 Å². The van der Waals surface area contributed by atoms with Crippen molar-refractivity contribution < 1.29 is 9.53 Å². The third kappa shape index (κ3) is 6.41. The number of nitrogens with two attached hydrogens (primary N) is 3. The standard InChI is InChI=1S/C27H36N6O2/c1-32-15-17-33(18-16-32)21-11-9-20(10-12-21)31-26(29)24(27(30)34)25(28)19-7-13-23(14-8-19)35-22-5-3-2-4-6-22/h2-8,13-14,20-21H,9-12,15-18,28H2,1H3,(H2,29,31)(H2,30,34). The van der Waals surface area contributed by atoms with Crippen LogP contribution in [0.1, 0.15) is 31.2 Å². The quantitative estimate of drug-likeness (QED) is 0.321. The number of rotatable bonds is 7. The molecule has 35 heavy (non-hydrogen) atoms. The predicted molar refractivity (Wildman–Crippen MR) is 140 cm³/mol. The molecule has 0 atom stereocenters. The molecule has 186 valence electrons. The third-order valence-electron chi connectivity index (χ3n) is 6.96. The lowest BCUT2D eigenvalue weighted by molar-refractivity contribution is -0.114. The van der Waals surface area contributed by atoms with Gasteiger partial charge in [-0.25, -0.2) is 0 Å². The number of likely N-dealkylation sites (N-methyl/N-ethyl adjacent to an activating group) is 1. The molecule has 1 aliphatic carbocycles. The van der Waals surface area contributed by atoms with Crippen LogP contribution in [0.5, 0.6) is 11.5 Å². The molecule has 1 heterocycles. The zero-order chi connectivity index (χ0) is 24.8. The van der Waals surface area contributed by atoms with Gasteiger partial charge in [0.15, 0.2) is 0 Å². The van der Waals surface area contributed by atoms with Gasteiger partial charge in [-0.15, -0.1) is 0 Å². The van der Waals surface area contributed by atoms with Crippen molar-refractivity contribution in [2.45, 2.75) is 37.8 Å². The maximum Gasteiger partial charge on any atom is 0.254 e. The Morgan fingerprint density at radius 1 is 0.857 bits per heavy atom. The van der Waals surface area contributed by atoms with Crippen LogP contribution in [-0.4, -0.2) is 66.9 Å². The minimum atomic E-state index is -0.681. The lowest BCUT2D eigenvalue weighted by Crippen LogP contribution is -2.50. The Morgan fingerprint density at radius 2 is 1.46 bits per heavy atom. The predicted octanol–water partition coefficient (Wildman–Crippen LogP) is 2.55. The highest BCUT2D eigenvalue weighted by molar-refractivity contribution is 6.24. The van der Waals surface area contributed by atoms with Crippen LogP contribution in [0.2, 0.25) is 0 Å². The summed E-state index contributed by atoms with van der Waals surface area (Å²) in [6.07, 6.45) is 4.04. The molecule has 0 bridgehead atoms. The third-order valence-corrected chi connectivity index (χ3v) is 6.96. The second-order valence-electron chi connectivity index (χ2n) is 9.41. The summed E-state index contributed by atoms with van der Waals surface area (Å²) in [6, 6.07) is 17.3. The van der Waals surface area contributed by atoms with Crippen LogP contribution < -0.4 is 21.9 Å². The second-order valence-corrected chi connectivity index (χ2v) is 9.41. The summed E-state index contributed by atoms with van der Waals surface area (Å²) in [6.45, 7) is 4.49. The summed E-state index contributed by atoms with van der Waals surface area (Å²) in [5.74, 6) is 0.828. The van der Waals surface area contributed by atoms with Gasteiger partial charge in [0.2, 0.25) is 0 Å². The van der Waals surface area contributed by atoms with E-state index in [-0.39, 0.29) is 23.1 Å². The largest absolute Gasteiger partial charge is 0.457 e. The van der Waals surface area contributed by atoms with E-state index in [2.05, 4.69) is 21.8 Å². The molecule has 6 N–H and O–H groups in total. The van der Waals surface area contributed by atoms with Gasteiger partial charge in [-0.1, -0.05) is 18.2 Å². The van der Waals surface area contributed by atoms with E-state index in [9.17, 15) is 4.79 Å². The fraction of sp³-hybridized carbons (Fsp3) is 0.407. The van der Waals surface area contributed by atoms with E-state index >= 15 is 0 Å². The van der Waals surface area contributed by atoms with Gasteiger partial charge in [0, 0.05) is 32.2 Å². The van der Waals surface area contributed by atoms with Crippen LogP contribution in [0, 0.1) is 0 Å². The molecule has 2 fully saturated rings. The van der Waals surface area contributed by atoms with E-state index in [0.717, 1.165) is 57.6 Å². The number of carbonyl (C=O) groups is 1. The summed E-state index contributed by atoms with van der Waals surface area (Å²) in [7, 11) is 2.17. The second kappa shape index (κ2) is 11.4. The number of piperazine rings is 1. The molecule has 1 saturated carbocycles. The zero-order valence-electron chi connectivity index (χ0n) is 20.4. The summed E-state index contributed by atoms with van der Waals surface area (Å²) < 4.78 is 5.82. The Bertz CT molecular complexity index is 1050. The Hall–Kier alpha value is -3.36. The number of ether oxygens (including phenoxy) is 1. The molecular formula is C27H36N6O2. The molecule has 1 aliphatic heterocycles. The number of hydrogen-bond acceptors (Lipinski definition) is 6. The number of primary amides is 1. The summed E-state index contributed by atoms with van der Waals surface area (Å²) >= 11 is 0. The fourth-order valence-corrected chi connectivity index (χ4v) is 4.87. The number of carbonyl (C=O) groups excluding carboxylic acids is 1. The molecule has 8 heteroatoms. The normalized spacial score (nSPS) is 22.9. The zero-order valence-corrected chi connectivity index (χ0v) is 20.4. The highest BCUT2D eigenvalue weighted by Gasteiger charge is 2.28. The molecule has 0 unspecified atom stereocenters. The lowest BCUT2D eigenvalue weighted by atomic mass is 9.90. The molecule has 2 aromatic carbocycles. The summed E-state index contributed by atoms with van der Waals surface area (Å²) in [5.41, 5.74) is 19.2. The van der Waals surface area contributed by atoms with Crippen molar-refractivity contribution in [2.24, 2.45) is 22.2 Å². The molecule has 1 saturated heterocycles.